The Bertz CT molecular complexity index is 497. The van der Waals surface area contributed by atoms with E-state index in [-0.39, 0.29) is 19.8 Å². The van der Waals surface area contributed by atoms with Crippen LogP contribution in [0, 0.1) is 0 Å². The van der Waals surface area contributed by atoms with Gasteiger partial charge in [0.2, 0.25) is 0 Å². The van der Waals surface area contributed by atoms with Gasteiger partial charge in [0.1, 0.15) is 19.3 Å². The molecule has 0 aromatic carbocycles. The number of hydrogen-bond acceptors (Lipinski definition) is 6. The van der Waals surface area contributed by atoms with E-state index in [9.17, 15) is 14.3 Å². The highest BCUT2D eigenvalue weighted by atomic mass is 31.2. The highest BCUT2D eigenvalue weighted by molar-refractivity contribution is 7.47. The zero-order valence-corrected chi connectivity index (χ0v) is 21.4. The number of carbonyl (C=O) groups excluding carboxylic acids is 1. The van der Waals surface area contributed by atoms with Crippen molar-refractivity contribution in [3.05, 3.63) is 0 Å². The van der Waals surface area contributed by atoms with Gasteiger partial charge in [0.15, 0.2) is 0 Å². The molecule has 0 bridgehead atoms. The normalized spacial score (nSPS) is 14.9. The molecule has 0 aliphatic rings. The van der Waals surface area contributed by atoms with Crippen molar-refractivity contribution in [3.63, 3.8) is 0 Å². The molecule has 0 radical (unpaired) electrons. The molecule has 0 aromatic rings. The lowest BCUT2D eigenvalue weighted by molar-refractivity contribution is -0.870. The Labute approximate surface area is 189 Å². The first-order valence-corrected chi connectivity index (χ1v) is 13.2. The molecular formula is C22H47NO7P+. The van der Waals surface area contributed by atoms with Crippen molar-refractivity contribution in [1.82, 2.24) is 0 Å². The number of nitrogens with zero attached hydrogens (tertiary/aromatic N) is 1. The lowest BCUT2D eigenvalue weighted by Crippen LogP contribution is -2.37. The summed E-state index contributed by atoms with van der Waals surface area (Å²) < 4.78 is 33.3. The molecule has 0 amide bonds. The van der Waals surface area contributed by atoms with E-state index in [1.807, 2.05) is 21.1 Å². The third kappa shape index (κ3) is 22.5. The summed E-state index contributed by atoms with van der Waals surface area (Å²) in [7, 11) is 1.66. The number of unbranched alkanes of at least 4 members (excludes halogenated alkanes) is 9. The largest absolute Gasteiger partial charge is 0.472 e. The molecule has 186 valence electrons. The fraction of sp³-hybridized carbons (Fsp3) is 0.955. The van der Waals surface area contributed by atoms with Gasteiger partial charge in [-0.15, -0.1) is 0 Å². The number of quaternary nitrogens is 1. The Hall–Kier alpha value is -0.500. The molecule has 0 fully saturated rings. The first-order chi connectivity index (χ1) is 14.6. The summed E-state index contributed by atoms with van der Waals surface area (Å²) in [5.74, 6) is -0.491. The van der Waals surface area contributed by atoms with Crippen molar-refractivity contribution in [2.75, 3.05) is 54.1 Å². The lowest BCUT2D eigenvalue weighted by Gasteiger charge is -2.24. The van der Waals surface area contributed by atoms with Gasteiger partial charge in [0.25, 0.3) is 0 Å². The molecule has 0 spiro atoms. The fourth-order valence-corrected chi connectivity index (χ4v) is 3.64. The van der Waals surface area contributed by atoms with Crippen molar-refractivity contribution >= 4 is 13.8 Å². The van der Waals surface area contributed by atoms with Crippen LogP contribution >= 0.6 is 7.82 Å². The van der Waals surface area contributed by atoms with Crippen LogP contribution in [0.25, 0.3) is 0 Å². The van der Waals surface area contributed by atoms with E-state index in [1.54, 1.807) is 0 Å². The number of rotatable bonds is 21. The van der Waals surface area contributed by atoms with Crippen LogP contribution in [0.5, 0.6) is 0 Å². The molecule has 0 aliphatic carbocycles. The molecule has 0 saturated carbocycles. The summed E-state index contributed by atoms with van der Waals surface area (Å²) in [5, 5.41) is 0. The van der Waals surface area contributed by atoms with E-state index in [0.29, 0.717) is 17.6 Å². The van der Waals surface area contributed by atoms with Crippen LogP contribution in [0.15, 0.2) is 0 Å². The van der Waals surface area contributed by atoms with Crippen molar-refractivity contribution < 1.29 is 37.3 Å². The number of carbonyl (C=O) groups is 1. The Morgan fingerprint density at radius 3 is 1.94 bits per heavy atom. The second kappa shape index (κ2) is 18.0. The van der Waals surface area contributed by atoms with Crippen molar-refractivity contribution in [3.8, 4) is 0 Å². The zero-order valence-electron chi connectivity index (χ0n) is 20.5. The Morgan fingerprint density at radius 1 is 0.871 bits per heavy atom. The molecule has 0 saturated heterocycles. The topological polar surface area (TPSA) is 91.3 Å². The number of hydrogen-bond donors (Lipinski definition) is 1. The fourth-order valence-electron chi connectivity index (χ4n) is 2.90. The molecule has 8 nitrogen and oxygen atoms in total. The monoisotopic (exact) mass is 468 g/mol. The highest BCUT2D eigenvalue weighted by Crippen LogP contribution is 2.43. The summed E-state index contributed by atoms with van der Waals surface area (Å²) >= 11 is 0. The van der Waals surface area contributed by atoms with E-state index in [2.05, 4.69) is 6.92 Å². The molecule has 1 N–H and O–H groups in total. The molecule has 2 unspecified atom stereocenters. The van der Waals surface area contributed by atoms with Crippen LogP contribution in [-0.4, -0.2) is 75.6 Å². The summed E-state index contributed by atoms with van der Waals surface area (Å²) in [6.45, 7) is 4.59. The minimum atomic E-state index is -4.20. The molecule has 31 heavy (non-hydrogen) atoms. The second-order valence-electron chi connectivity index (χ2n) is 9.10. The van der Waals surface area contributed by atoms with E-state index in [4.69, 9.17) is 18.5 Å². The first-order valence-electron chi connectivity index (χ1n) is 11.7. The van der Waals surface area contributed by atoms with Crippen LogP contribution in [0.3, 0.4) is 0 Å². The second-order valence-corrected chi connectivity index (χ2v) is 10.6. The Balaban J connectivity index is 3.93. The highest BCUT2D eigenvalue weighted by Gasteiger charge is 2.25. The minimum Gasteiger partial charge on any atom is -0.458 e. The molecule has 9 heteroatoms. The quantitative estimate of drug-likeness (QED) is 0.113. The van der Waals surface area contributed by atoms with Gasteiger partial charge in [0, 0.05) is 13.5 Å². The van der Waals surface area contributed by atoms with Gasteiger partial charge in [-0.2, -0.15) is 0 Å². The van der Waals surface area contributed by atoms with Crippen LogP contribution in [0.2, 0.25) is 0 Å². The van der Waals surface area contributed by atoms with E-state index < -0.39 is 19.9 Å². The summed E-state index contributed by atoms with van der Waals surface area (Å²) in [6.07, 6.45) is 11.7. The molecule has 0 heterocycles. The average molecular weight is 469 g/mol. The SMILES string of the molecule is CCCCCCCCCCCCOCC(COP(=O)(O)OCC[N+](C)(C)C)OC(C)=O. The maximum atomic E-state index is 12.0. The number of ether oxygens (including phenoxy) is 2. The van der Waals surface area contributed by atoms with Gasteiger partial charge in [-0.1, -0.05) is 64.7 Å². The van der Waals surface area contributed by atoms with Crippen molar-refractivity contribution in [1.29, 1.82) is 0 Å². The maximum absolute atomic E-state index is 12.0. The van der Waals surface area contributed by atoms with Gasteiger partial charge >= 0.3 is 13.8 Å². The predicted octanol–water partition coefficient (Wildman–Crippen LogP) is 4.70. The smallest absolute Gasteiger partial charge is 0.458 e. The van der Waals surface area contributed by atoms with Crippen LogP contribution in [0.1, 0.15) is 78.1 Å². The minimum absolute atomic E-state index is 0.0880. The summed E-state index contributed by atoms with van der Waals surface area (Å²) in [4.78, 5) is 21.1. The molecule has 0 aliphatic heterocycles. The van der Waals surface area contributed by atoms with Crippen molar-refractivity contribution in [2.24, 2.45) is 0 Å². The number of phosphoric acid groups is 1. The van der Waals surface area contributed by atoms with Gasteiger partial charge in [-0.3, -0.25) is 13.8 Å². The number of phosphoric ester groups is 1. The number of esters is 1. The zero-order chi connectivity index (χ0) is 23.6. The van der Waals surface area contributed by atoms with Crippen molar-refractivity contribution in [2.45, 2.75) is 84.2 Å². The Morgan fingerprint density at radius 2 is 1.42 bits per heavy atom. The van der Waals surface area contributed by atoms with E-state index in [0.717, 1.165) is 12.8 Å². The third-order valence-electron chi connectivity index (χ3n) is 4.72. The lowest BCUT2D eigenvalue weighted by atomic mass is 10.1. The van der Waals surface area contributed by atoms with Gasteiger partial charge in [-0.25, -0.2) is 4.57 Å². The summed E-state index contributed by atoms with van der Waals surface area (Å²) in [6, 6.07) is 0. The average Bonchev–Trinajstić information content (AvgIpc) is 2.65. The van der Waals surface area contributed by atoms with E-state index in [1.165, 1.54) is 58.3 Å². The van der Waals surface area contributed by atoms with Crippen LogP contribution in [-0.2, 0) is 27.9 Å². The third-order valence-corrected chi connectivity index (χ3v) is 5.70. The Kier molecular flexibility index (Phi) is 17.7. The van der Waals surface area contributed by atoms with Gasteiger partial charge in [-0.05, 0) is 6.42 Å². The predicted molar refractivity (Wildman–Crippen MR) is 123 cm³/mol. The van der Waals surface area contributed by atoms with Crippen LogP contribution in [0.4, 0.5) is 0 Å². The number of likely N-dealkylation sites (N-methyl/N-ethyl adjacent to an activating group) is 1. The molecule has 2 atom stereocenters. The van der Waals surface area contributed by atoms with Gasteiger partial charge in [0.05, 0.1) is 34.4 Å². The molecule has 0 rings (SSSR count). The van der Waals surface area contributed by atoms with Gasteiger partial charge < -0.3 is 18.9 Å². The molecule has 0 aromatic heterocycles. The summed E-state index contributed by atoms with van der Waals surface area (Å²) in [5.41, 5.74) is 0. The first kappa shape index (κ1) is 30.5. The standard InChI is InChI=1S/C22H46NO7P/c1-6-7-8-9-10-11-12-13-14-15-17-27-19-22(30-21(2)24)20-29-31(25,26)28-18-16-23(3,4)5/h22H,6-20H2,1-5H3/p+1. The van der Waals surface area contributed by atoms with E-state index >= 15 is 0 Å². The van der Waals surface area contributed by atoms with Crippen LogP contribution < -0.4 is 0 Å². The molecular weight excluding hydrogens is 421 g/mol. The maximum Gasteiger partial charge on any atom is 0.472 e.